The first-order chi connectivity index (χ1) is 8.97. The second-order valence-corrected chi connectivity index (χ2v) is 5.51. The number of hydrogen-bond donors (Lipinski definition) is 2. The van der Waals surface area contributed by atoms with E-state index in [0.717, 1.165) is 12.1 Å². The van der Waals surface area contributed by atoms with Crippen LogP contribution in [0.3, 0.4) is 0 Å². The lowest BCUT2D eigenvalue weighted by atomic mass is 10.3. The molecule has 0 aliphatic rings. The number of ether oxygens (including phenoxy) is 1. The fourth-order valence-corrected chi connectivity index (χ4v) is 2.40. The van der Waals surface area contributed by atoms with Crippen LogP contribution in [0, 0.1) is 5.82 Å². The number of benzene rings is 1. The van der Waals surface area contributed by atoms with Crippen molar-refractivity contribution in [2.75, 3.05) is 25.5 Å². The van der Waals surface area contributed by atoms with E-state index in [4.69, 9.17) is 10.5 Å². The van der Waals surface area contributed by atoms with Crippen LogP contribution in [-0.2, 0) is 14.8 Å². The smallest absolute Gasteiger partial charge is 0.243 e. The Balaban J connectivity index is 2.54. The fraction of sp³-hybridized carbons (Fsp3) is 0.333. The van der Waals surface area contributed by atoms with Gasteiger partial charge >= 0.3 is 0 Å². The predicted molar refractivity (Wildman–Crippen MR) is 71.6 cm³/mol. The van der Waals surface area contributed by atoms with Gasteiger partial charge in [-0.3, -0.25) is 0 Å². The van der Waals surface area contributed by atoms with Crippen LogP contribution in [0.1, 0.15) is 6.42 Å². The van der Waals surface area contributed by atoms with Crippen molar-refractivity contribution in [2.45, 2.75) is 11.3 Å². The van der Waals surface area contributed by atoms with E-state index in [1.165, 1.54) is 6.07 Å². The monoisotopic (exact) mass is 288 g/mol. The summed E-state index contributed by atoms with van der Waals surface area (Å²) in [5.41, 5.74) is 5.53. The Labute approximate surface area is 112 Å². The zero-order valence-electron chi connectivity index (χ0n) is 10.4. The van der Waals surface area contributed by atoms with Gasteiger partial charge in [0.1, 0.15) is 10.7 Å². The molecule has 0 aliphatic carbocycles. The van der Waals surface area contributed by atoms with Gasteiger partial charge in [0.25, 0.3) is 0 Å². The van der Waals surface area contributed by atoms with Crippen LogP contribution in [0.25, 0.3) is 0 Å². The van der Waals surface area contributed by atoms with Crippen LogP contribution >= 0.6 is 0 Å². The number of sulfonamides is 1. The number of halogens is 1. The molecular formula is C12H17FN2O3S. The van der Waals surface area contributed by atoms with Crippen LogP contribution in [0.15, 0.2) is 35.7 Å². The molecule has 3 N–H and O–H groups in total. The number of nitrogens with two attached hydrogens (primary N) is 1. The van der Waals surface area contributed by atoms with Crippen molar-refractivity contribution in [3.63, 3.8) is 0 Å². The molecule has 1 aromatic carbocycles. The second kappa shape index (κ2) is 7.22. The molecule has 0 fully saturated rings. The van der Waals surface area contributed by atoms with Gasteiger partial charge in [-0.2, -0.15) is 0 Å². The van der Waals surface area contributed by atoms with E-state index in [1.807, 2.05) is 0 Å². The molecule has 0 aliphatic heterocycles. The van der Waals surface area contributed by atoms with Gasteiger partial charge in [-0.1, -0.05) is 6.08 Å². The van der Waals surface area contributed by atoms with Crippen LogP contribution in [0.2, 0.25) is 0 Å². The van der Waals surface area contributed by atoms with Gasteiger partial charge < -0.3 is 10.5 Å². The van der Waals surface area contributed by atoms with E-state index in [9.17, 15) is 12.8 Å². The number of anilines is 1. The Kier molecular flexibility index (Phi) is 5.94. The normalized spacial score (nSPS) is 11.4. The average Bonchev–Trinajstić information content (AvgIpc) is 2.33. The molecule has 0 radical (unpaired) electrons. The highest BCUT2D eigenvalue weighted by molar-refractivity contribution is 7.89. The highest BCUT2D eigenvalue weighted by Crippen LogP contribution is 2.16. The van der Waals surface area contributed by atoms with E-state index >= 15 is 0 Å². The van der Waals surface area contributed by atoms with E-state index in [1.54, 1.807) is 6.08 Å². The lowest BCUT2D eigenvalue weighted by Gasteiger charge is -2.08. The number of nitrogens with one attached hydrogen (secondary N) is 1. The van der Waals surface area contributed by atoms with Crippen LogP contribution < -0.4 is 10.5 Å². The standard InChI is InChI=1S/C12H17FN2O3S/c1-2-3-7-18-8-6-15-19(16,17)12-5-4-10(14)9-11(12)13/h2,4-5,9,15H,1,3,6-8,14H2. The quantitative estimate of drug-likeness (QED) is 0.429. The molecule has 0 amide bonds. The minimum atomic E-state index is -3.88. The maximum absolute atomic E-state index is 13.5. The summed E-state index contributed by atoms with van der Waals surface area (Å²) in [6.45, 7) is 4.29. The molecule has 0 saturated heterocycles. The third-order valence-corrected chi connectivity index (χ3v) is 3.74. The van der Waals surface area contributed by atoms with Crippen molar-refractivity contribution in [2.24, 2.45) is 0 Å². The minimum absolute atomic E-state index is 0.0727. The number of hydrogen-bond acceptors (Lipinski definition) is 4. The minimum Gasteiger partial charge on any atom is -0.399 e. The topological polar surface area (TPSA) is 81.4 Å². The summed E-state index contributed by atoms with van der Waals surface area (Å²) in [7, 11) is -3.88. The maximum Gasteiger partial charge on any atom is 0.243 e. The van der Waals surface area contributed by atoms with Gasteiger partial charge in [-0.05, 0) is 24.6 Å². The Hall–Kier alpha value is -1.44. The van der Waals surface area contributed by atoms with Gasteiger partial charge in [0.15, 0.2) is 0 Å². The molecule has 1 aromatic rings. The van der Waals surface area contributed by atoms with Gasteiger partial charge in [0.05, 0.1) is 13.2 Å². The van der Waals surface area contributed by atoms with Gasteiger partial charge in [-0.15, -0.1) is 6.58 Å². The zero-order chi connectivity index (χ0) is 14.3. The van der Waals surface area contributed by atoms with Crippen molar-refractivity contribution in [3.05, 3.63) is 36.7 Å². The first-order valence-corrected chi connectivity index (χ1v) is 7.19. The summed E-state index contributed by atoms with van der Waals surface area (Å²) in [6, 6.07) is 3.43. The molecule has 106 valence electrons. The summed E-state index contributed by atoms with van der Waals surface area (Å²) in [5, 5.41) is 0. The molecule has 0 spiro atoms. The molecule has 5 nitrogen and oxygen atoms in total. The second-order valence-electron chi connectivity index (χ2n) is 3.78. The molecule has 1 rings (SSSR count). The van der Waals surface area contributed by atoms with E-state index in [-0.39, 0.29) is 18.8 Å². The van der Waals surface area contributed by atoms with E-state index in [2.05, 4.69) is 11.3 Å². The van der Waals surface area contributed by atoms with Gasteiger partial charge in [0, 0.05) is 12.2 Å². The highest BCUT2D eigenvalue weighted by atomic mass is 32.2. The van der Waals surface area contributed by atoms with Crippen molar-refractivity contribution in [3.8, 4) is 0 Å². The molecule has 0 saturated carbocycles. The molecule has 7 heteroatoms. The summed E-state index contributed by atoms with van der Waals surface area (Å²) >= 11 is 0. The molecule has 0 bridgehead atoms. The third-order valence-electron chi connectivity index (χ3n) is 2.25. The number of nitrogen functional groups attached to an aromatic ring is 1. The summed E-state index contributed by atoms with van der Waals surface area (Å²) in [4.78, 5) is -0.423. The summed E-state index contributed by atoms with van der Waals surface area (Å²) in [5.74, 6) is -0.875. The van der Waals surface area contributed by atoms with E-state index < -0.39 is 20.7 Å². The molecule has 19 heavy (non-hydrogen) atoms. The van der Waals surface area contributed by atoms with Crippen molar-refractivity contribution >= 4 is 15.7 Å². The Bertz CT molecular complexity index is 532. The maximum atomic E-state index is 13.5. The third kappa shape index (κ3) is 4.98. The van der Waals surface area contributed by atoms with Crippen molar-refractivity contribution in [1.82, 2.24) is 4.72 Å². The molecular weight excluding hydrogens is 271 g/mol. The van der Waals surface area contributed by atoms with E-state index in [0.29, 0.717) is 13.0 Å². The number of rotatable bonds is 8. The largest absolute Gasteiger partial charge is 0.399 e. The SMILES string of the molecule is C=CCCOCCNS(=O)(=O)c1ccc(N)cc1F. The lowest BCUT2D eigenvalue weighted by molar-refractivity contribution is 0.144. The fourth-order valence-electron chi connectivity index (χ4n) is 1.33. The highest BCUT2D eigenvalue weighted by Gasteiger charge is 2.18. The van der Waals surface area contributed by atoms with Crippen LogP contribution in [0.4, 0.5) is 10.1 Å². The summed E-state index contributed by atoms with van der Waals surface area (Å²) < 4.78 is 44.5. The first kappa shape index (κ1) is 15.6. The first-order valence-electron chi connectivity index (χ1n) is 5.70. The molecule has 0 atom stereocenters. The van der Waals surface area contributed by atoms with Crippen molar-refractivity contribution in [1.29, 1.82) is 0 Å². The average molecular weight is 288 g/mol. The van der Waals surface area contributed by atoms with Crippen LogP contribution in [-0.4, -0.2) is 28.2 Å². The molecule has 0 heterocycles. The van der Waals surface area contributed by atoms with Gasteiger partial charge in [0.2, 0.25) is 10.0 Å². The summed E-state index contributed by atoms with van der Waals surface area (Å²) in [6.07, 6.45) is 2.40. The Morgan fingerprint density at radius 2 is 2.16 bits per heavy atom. The molecule has 0 aromatic heterocycles. The Morgan fingerprint density at radius 1 is 1.42 bits per heavy atom. The van der Waals surface area contributed by atoms with Gasteiger partial charge in [-0.25, -0.2) is 17.5 Å². The lowest BCUT2D eigenvalue weighted by Crippen LogP contribution is -2.28. The predicted octanol–water partition coefficient (Wildman–Crippen LogP) is 1.28. The van der Waals surface area contributed by atoms with Crippen LogP contribution in [0.5, 0.6) is 0 Å². The van der Waals surface area contributed by atoms with Crippen molar-refractivity contribution < 1.29 is 17.5 Å². The molecule has 0 unspecified atom stereocenters. The Morgan fingerprint density at radius 3 is 2.79 bits per heavy atom. The zero-order valence-corrected chi connectivity index (χ0v) is 11.2.